The maximum atomic E-state index is 11.3. The molecule has 0 amide bonds. The molecule has 0 unspecified atom stereocenters. The van der Waals surface area contributed by atoms with Crippen molar-refractivity contribution in [3.8, 4) is 22.3 Å². The summed E-state index contributed by atoms with van der Waals surface area (Å²) in [6.07, 6.45) is 0. The van der Waals surface area contributed by atoms with Gasteiger partial charge in [0.05, 0.1) is 16.9 Å². The van der Waals surface area contributed by atoms with E-state index in [1.165, 1.54) is 0 Å². The first-order valence-electron chi connectivity index (χ1n) is 7.14. The number of hydrogen-bond acceptors (Lipinski definition) is 3. The number of carboxylic acids is 1. The van der Waals surface area contributed by atoms with Crippen molar-refractivity contribution >= 4 is 17.3 Å². The van der Waals surface area contributed by atoms with E-state index in [1.54, 1.807) is 12.1 Å². The number of anilines is 2. The normalized spacial score (nSPS) is 10.4. The van der Waals surface area contributed by atoms with Gasteiger partial charge in [-0.1, -0.05) is 54.6 Å². The molecule has 0 bridgehead atoms. The highest BCUT2D eigenvalue weighted by Crippen LogP contribution is 2.30. The molecule has 0 saturated carbocycles. The van der Waals surface area contributed by atoms with Crippen molar-refractivity contribution in [2.24, 2.45) is 0 Å². The number of nitrogen functional groups attached to an aromatic ring is 2. The molecule has 3 aromatic rings. The zero-order valence-electron chi connectivity index (χ0n) is 12.4. The van der Waals surface area contributed by atoms with Crippen molar-refractivity contribution in [3.05, 3.63) is 72.3 Å². The number of carboxylic acid groups (broad SMARTS) is 1. The Morgan fingerprint density at radius 1 is 0.739 bits per heavy atom. The third-order valence-corrected chi connectivity index (χ3v) is 3.77. The Morgan fingerprint density at radius 2 is 1.26 bits per heavy atom. The standard InChI is InChI=1S/C19H16N2O2/c20-17-11-15(10-16(18(17)21)19(22)23)14-8-6-13(7-9-14)12-4-2-1-3-5-12/h1-11H,20-21H2,(H,22,23). The van der Waals surface area contributed by atoms with Gasteiger partial charge in [-0.05, 0) is 34.4 Å². The largest absolute Gasteiger partial charge is 0.478 e. The van der Waals surface area contributed by atoms with Crippen LogP contribution in [0.4, 0.5) is 11.4 Å². The third-order valence-electron chi connectivity index (χ3n) is 3.77. The van der Waals surface area contributed by atoms with E-state index in [2.05, 4.69) is 0 Å². The number of carbonyl (C=O) groups is 1. The van der Waals surface area contributed by atoms with E-state index in [1.807, 2.05) is 54.6 Å². The Bertz CT molecular complexity index is 857. The highest BCUT2D eigenvalue weighted by molar-refractivity contribution is 5.99. The van der Waals surface area contributed by atoms with E-state index >= 15 is 0 Å². The van der Waals surface area contributed by atoms with Crippen LogP contribution in [-0.4, -0.2) is 11.1 Å². The van der Waals surface area contributed by atoms with Gasteiger partial charge in [0.25, 0.3) is 0 Å². The average molecular weight is 304 g/mol. The average Bonchev–Trinajstić information content (AvgIpc) is 2.58. The summed E-state index contributed by atoms with van der Waals surface area (Å²) >= 11 is 0. The topological polar surface area (TPSA) is 89.3 Å². The Kier molecular flexibility index (Phi) is 3.73. The van der Waals surface area contributed by atoms with Crippen molar-refractivity contribution < 1.29 is 9.90 Å². The van der Waals surface area contributed by atoms with E-state index in [9.17, 15) is 9.90 Å². The molecule has 0 aliphatic heterocycles. The van der Waals surface area contributed by atoms with Crippen LogP contribution in [0.2, 0.25) is 0 Å². The van der Waals surface area contributed by atoms with Crippen LogP contribution < -0.4 is 11.5 Å². The molecule has 5 N–H and O–H groups in total. The van der Waals surface area contributed by atoms with Crippen molar-refractivity contribution in [1.29, 1.82) is 0 Å². The van der Waals surface area contributed by atoms with Crippen LogP contribution in [0.5, 0.6) is 0 Å². The summed E-state index contributed by atoms with van der Waals surface area (Å²) in [6.45, 7) is 0. The lowest BCUT2D eigenvalue weighted by Crippen LogP contribution is -2.06. The maximum Gasteiger partial charge on any atom is 0.337 e. The number of rotatable bonds is 3. The van der Waals surface area contributed by atoms with Gasteiger partial charge >= 0.3 is 5.97 Å². The van der Waals surface area contributed by atoms with Gasteiger partial charge in [-0.3, -0.25) is 0 Å². The second-order valence-electron chi connectivity index (χ2n) is 5.28. The molecule has 4 nitrogen and oxygen atoms in total. The van der Waals surface area contributed by atoms with Crippen LogP contribution in [0.1, 0.15) is 10.4 Å². The minimum Gasteiger partial charge on any atom is -0.478 e. The first kappa shape index (κ1) is 14.7. The van der Waals surface area contributed by atoms with Crippen LogP contribution in [0, 0.1) is 0 Å². The molecule has 0 aliphatic rings. The Hall–Kier alpha value is -3.27. The summed E-state index contributed by atoms with van der Waals surface area (Å²) in [5, 5.41) is 9.22. The number of aromatic carboxylic acids is 1. The van der Waals surface area contributed by atoms with Gasteiger partial charge in [-0.25, -0.2) is 4.79 Å². The second kappa shape index (κ2) is 5.85. The summed E-state index contributed by atoms with van der Waals surface area (Å²) in [4.78, 5) is 11.3. The third kappa shape index (κ3) is 2.87. The quantitative estimate of drug-likeness (QED) is 0.640. The molecule has 0 fully saturated rings. The minimum absolute atomic E-state index is 0.0205. The van der Waals surface area contributed by atoms with Crippen molar-refractivity contribution in [3.63, 3.8) is 0 Å². The van der Waals surface area contributed by atoms with Gasteiger partial charge in [-0.2, -0.15) is 0 Å². The number of hydrogen-bond donors (Lipinski definition) is 3. The molecule has 3 rings (SSSR count). The van der Waals surface area contributed by atoms with Crippen molar-refractivity contribution in [2.75, 3.05) is 11.5 Å². The Balaban J connectivity index is 2.01. The van der Waals surface area contributed by atoms with Crippen LogP contribution in [0.3, 0.4) is 0 Å². The van der Waals surface area contributed by atoms with E-state index in [-0.39, 0.29) is 16.9 Å². The Labute approximate surface area is 134 Å². The van der Waals surface area contributed by atoms with Gasteiger partial charge in [0.2, 0.25) is 0 Å². The zero-order chi connectivity index (χ0) is 16.4. The van der Waals surface area contributed by atoms with E-state index in [4.69, 9.17) is 11.5 Å². The molecule has 0 aliphatic carbocycles. The molecule has 114 valence electrons. The van der Waals surface area contributed by atoms with Gasteiger partial charge in [0.15, 0.2) is 0 Å². The van der Waals surface area contributed by atoms with E-state index < -0.39 is 5.97 Å². The SMILES string of the molecule is Nc1cc(-c2ccc(-c3ccccc3)cc2)cc(C(=O)O)c1N. The molecule has 4 heteroatoms. The highest BCUT2D eigenvalue weighted by atomic mass is 16.4. The highest BCUT2D eigenvalue weighted by Gasteiger charge is 2.13. The predicted octanol–water partition coefficient (Wildman–Crippen LogP) is 3.88. The van der Waals surface area contributed by atoms with Gasteiger partial charge in [0.1, 0.15) is 0 Å². The number of benzene rings is 3. The van der Waals surface area contributed by atoms with Gasteiger partial charge in [-0.15, -0.1) is 0 Å². The molecule has 0 aromatic heterocycles. The molecule has 0 radical (unpaired) electrons. The maximum absolute atomic E-state index is 11.3. The van der Waals surface area contributed by atoms with Gasteiger partial charge in [0, 0.05) is 0 Å². The Morgan fingerprint density at radius 3 is 1.83 bits per heavy atom. The monoisotopic (exact) mass is 304 g/mol. The molecule has 23 heavy (non-hydrogen) atoms. The minimum atomic E-state index is -1.09. The fourth-order valence-electron chi connectivity index (χ4n) is 2.51. The fraction of sp³-hybridized carbons (Fsp3) is 0. The van der Waals surface area contributed by atoms with E-state index in [0.717, 1.165) is 22.3 Å². The molecule has 0 spiro atoms. The molecule has 0 saturated heterocycles. The predicted molar refractivity (Wildman–Crippen MR) is 93.1 cm³/mol. The molecular weight excluding hydrogens is 288 g/mol. The van der Waals surface area contributed by atoms with Crippen molar-refractivity contribution in [2.45, 2.75) is 0 Å². The van der Waals surface area contributed by atoms with Crippen LogP contribution in [0.15, 0.2) is 66.7 Å². The van der Waals surface area contributed by atoms with Crippen LogP contribution in [-0.2, 0) is 0 Å². The van der Waals surface area contributed by atoms with Crippen molar-refractivity contribution in [1.82, 2.24) is 0 Å². The molecular formula is C19H16N2O2. The number of nitrogens with two attached hydrogens (primary N) is 2. The first-order valence-corrected chi connectivity index (χ1v) is 7.14. The fourth-order valence-corrected chi connectivity index (χ4v) is 2.51. The lowest BCUT2D eigenvalue weighted by Gasteiger charge is -2.10. The zero-order valence-corrected chi connectivity index (χ0v) is 12.4. The molecule has 3 aromatic carbocycles. The van der Waals surface area contributed by atoms with Gasteiger partial charge < -0.3 is 16.6 Å². The molecule has 0 atom stereocenters. The first-order chi connectivity index (χ1) is 11.1. The summed E-state index contributed by atoms with van der Waals surface area (Å²) in [5.74, 6) is -1.09. The lowest BCUT2D eigenvalue weighted by molar-refractivity contribution is 0.0698. The molecule has 0 heterocycles. The summed E-state index contributed by atoms with van der Waals surface area (Å²) in [6, 6.07) is 21.2. The van der Waals surface area contributed by atoms with Crippen LogP contribution >= 0.6 is 0 Å². The summed E-state index contributed by atoms with van der Waals surface area (Å²) in [7, 11) is 0. The second-order valence-corrected chi connectivity index (χ2v) is 5.28. The lowest BCUT2D eigenvalue weighted by atomic mass is 9.98. The van der Waals surface area contributed by atoms with E-state index in [0.29, 0.717) is 0 Å². The van der Waals surface area contributed by atoms with Crippen LogP contribution in [0.25, 0.3) is 22.3 Å². The smallest absolute Gasteiger partial charge is 0.337 e. The summed E-state index contributed by atoms with van der Waals surface area (Å²) in [5.41, 5.74) is 15.8. The summed E-state index contributed by atoms with van der Waals surface area (Å²) < 4.78 is 0.